The van der Waals surface area contributed by atoms with Crippen molar-refractivity contribution in [3.05, 3.63) is 42.1 Å². The van der Waals surface area contributed by atoms with Crippen LogP contribution in [-0.2, 0) is 4.79 Å². The molecule has 0 unspecified atom stereocenters. The highest BCUT2D eigenvalue weighted by atomic mass is 19.1. The van der Waals surface area contributed by atoms with Crippen LogP contribution in [0.5, 0.6) is 0 Å². The van der Waals surface area contributed by atoms with E-state index in [0.717, 1.165) is 18.2 Å². The third-order valence-electron chi connectivity index (χ3n) is 4.63. The van der Waals surface area contributed by atoms with Crippen LogP contribution in [0.1, 0.15) is 12.8 Å². The standard InChI is InChI=1S/C20H23F3N4O/c1-26(2)9-7-18(28)25-19-15(16-11-13(21)3-4-17(16)23)5-8-24-20(19)27-10-6-14(22)12-27/h3-5,8,11,14H,6-7,9-10,12H2,1-2H3,(H,25,28)/t14-/m0/s1. The second-order valence-electron chi connectivity index (χ2n) is 7.11. The number of amides is 1. The molecule has 0 spiro atoms. The van der Waals surface area contributed by atoms with Gasteiger partial charge in [-0.2, -0.15) is 0 Å². The molecular weight excluding hydrogens is 369 g/mol. The van der Waals surface area contributed by atoms with Crippen LogP contribution in [-0.4, -0.2) is 55.7 Å². The fraction of sp³-hybridized carbons (Fsp3) is 0.400. The fourth-order valence-electron chi connectivity index (χ4n) is 3.18. The zero-order chi connectivity index (χ0) is 20.3. The van der Waals surface area contributed by atoms with E-state index in [-0.39, 0.29) is 30.1 Å². The summed E-state index contributed by atoms with van der Waals surface area (Å²) >= 11 is 0. The number of halogens is 3. The molecule has 0 aliphatic carbocycles. The molecule has 1 aromatic carbocycles. The highest BCUT2D eigenvalue weighted by Crippen LogP contribution is 2.37. The van der Waals surface area contributed by atoms with Crippen molar-refractivity contribution in [1.82, 2.24) is 9.88 Å². The van der Waals surface area contributed by atoms with E-state index < -0.39 is 17.8 Å². The van der Waals surface area contributed by atoms with Crippen LogP contribution < -0.4 is 10.2 Å². The number of aromatic nitrogens is 1. The smallest absolute Gasteiger partial charge is 0.225 e. The lowest BCUT2D eigenvalue weighted by Gasteiger charge is -2.23. The number of nitrogens with one attached hydrogen (secondary N) is 1. The molecule has 0 bridgehead atoms. The number of pyridine rings is 1. The molecule has 1 aliphatic rings. The molecule has 28 heavy (non-hydrogen) atoms. The van der Waals surface area contributed by atoms with Crippen LogP contribution in [0.2, 0.25) is 0 Å². The molecule has 1 aliphatic heterocycles. The first-order valence-electron chi connectivity index (χ1n) is 9.13. The Kier molecular flexibility index (Phi) is 6.18. The molecule has 0 saturated carbocycles. The van der Waals surface area contributed by atoms with E-state index in [9.17, 15) is 18.0 Å². The number of alkyl halides is 1. The quantitative estimate of drug-likeness (QED) is 0.818. The minimum absolute atomic E-state index is 0.0163. The van der Waals surface area contributed by atoms with Crippen molar-refractivity contribution in [1.29, 1.82) is 0 Å². The Bertz CT molecular complexity index is 859. The van der Waals surface area contributed by atoms with Crippen molar-refractivity contribution >= 4 is 17.4 Å². The summed E-state index contributed by atoms with van der Waals surface area (Å²) in [6, 6.07) is 4.66. The van der Waals surface area contributed by atoms with Crippen LogP contribution in [0.25, 0.3) is 11.1 Å². The molecule has 0 radical (unpaired) electrons. The van der Waals surface area contributed by atoms with E-state index >= 15 is 0 Å². The van der Waals surface area contributed by atoms with Gasteiger partial charge in [0.05, 0.1) is 12.2 Å². The predicted molar refractivity (Wildman–Crippen MR) is 103 cm³/mol. The summed E-state index contributed by atoms with van der Waals surface area (Å²) in [6.07, 6.45) is 1.04. The first-order valence-corrected chi connectivity index (χ1v) is 9.13. The second kappa shape index (κ2) is 8.60. The van der Waals surface area contributed by atoms with Gasteiger partial charge in [-0.1, -0.05) is 0 Å². The maximum absolute atomic E-state index is 14.4. The zero-order valence-electron chi connectivity index (χ0n) is 15.9. The normalized spacial score (nSPS) is 16.6. The van der Waals surface area contributed by atoms with Crippen LogP contribution in [0.3, 0.4) is 0 Å². The van der Waals surface area contributed by atoms with Gasteiger partial charge in [0.25, 0.3) is 0 Å². The Morgan fingerprint density at radius 1 is 1.29 bits per heavy atom. The van der Waals surface area contributed by atoms with Gasteiger partial charge in [-0.15, -0.1) is 0 Å². The van der Waals surface area contributed by atoms with E-state index in [0.29, 0.717) is 30.9 Å². The number of hydrogen-bond donors (Lipinski definition) is 1. The average molecular weight is 392 g/mol. The monoisotopic (exact) mass is 392 g/mol. The van der Waals surface area contributed by atoms with Gasteiger partial charge in [0.2, 0.25) is 5.91 Å². The largest absolute Gasteiger partial charge is 0.352 e. The van der Waals surface area contributed by atoms with Gasteiger partial charge in [-0.25, -0.2) is 18.2 Å². The highest BCUT2D eigenvalue weighted by Gasteiger charge is 2.27. The molecule has 2 aromatic rings. The third kappa shape index (κ3) is 4.62. The molecule has 1 fully saturated rings. The number of carbonyl (C=O) groups is 1. The number of rotatable bonds is 6. The van der Waals surface area contributed by atoms with Crippen LogP contribution in [0, 0.1) is 11.6 Å². The molecule has 1 amide bonds. The fourth-order valence-corrected chi connectivity index (χ4v) is 3.18. The van der Waals surface area contributed by atoms with Gasteiger partial charge in [-0.3, -0.25) is 4.79 Å². The van der Waals surface area contributed by atoms with Crippen LogP contribution in [0.15, 0.2) is 30.5 Å². The first-order chi connectivity index (χ1) is 13.3. The Morgan fingerprint density at radius 2 is 2.07 bits per heavy atom. The lowest BCUT2D eigenvalue weighted by atomic mass is 10.0. The van der Waals surface area contributed by atoms with Gasteiger partial charge in [0, 0.05) is 36.8 Å². The van der Waals surface area contributed by atoms with Crippen molar-refractivity contribution in [2.75, 3.05) is 43.9 Å². The predicted octanol–water partition coefficient (Wildman–Crippen LogP) is 3.47. The maximum Gasteiger partial charge on any atom is 0.225 e. The van der Waals surface area contributed by atoms with Crippen LogP contribution >= 0.6 is 0 Å². The number of carbonyl (C=O) groups excluding carboxylic acids is 1. The topological polar surface area (TPSA) is 48.5 Å². The number of hydrogen-bond acceptors (Lipinski definition) is 4. The maximum atomic E-state index is 14.4. The van der Waals surface area contributed by atoms with E-state index in [4.69, 9.17) is 0 Å². The van der Waals surface area contributed by atoms with E-state index in [1.165, 1.54) is 12.3 Å². The van der Waals surface area contributed by atoms with Gasteiger partial charge in [0.15, 0.2) is 5.82 Å². The van der Waals surface area contributed by atoms with Gasteiger partial charge in [0.1, 0.15) is 17.8 Å². The zero-order valence-corrected chi connectivity index (χ0v) is 15.9. The van der Waals surface area contributed by atoms with Gasteiger partial charge in [-0.05, 0) is 44.8 Å². The van der Waals surface area contributed by atoms with Crippen molar-refractivity contribution in [2.45, 2.75) is 19.0 Å². The summed E-state index contributed by atoms with van der Waals surface area (Å²) in [5.41, 5.74) is 0.593. The van der Waals surface area contributed by atoms with E-state index in [1.54, 1.807) is 4.90 Å². The SMILES string of the molecule is CN(C)CCC(=O)Nc1c(-c2cc(F)ccc2F)ccnc1N1CC[C@H](F)C1. The Balaban J connectivity index is 2.03. The first kappa shape index (κ1) is 20.1. The molecule has 2 heterocycles. The summed E-state index contributed by atoms with van der Waals surface area (Å²) in [4.78, 5) is 20.3. The Hall–Kier alpha value is -2.61. The summed E-state index contributed by atoms with van der Waals surface area (Å²) in [5.74, 6) is -1.13. The highest BCUT2D eigenvalue weighted by molar-refractivity contribution is 5.99. The average Bonchev–Trinajstić information content (AvgIpc) is 3.08. The molecule has 8 heteroatoms. The summed E-state index contributed by atoms with van der Waals surface area (Å²) < 4.78 is 41.9. The van der Waals surface area contributed by atoms with E-state index in [1.807, 2.05) is 19.0 Å². The lowest BCUT2D eigenvalue weighted by molar-refractivity contribution is -0.116. The molecule has 1 N–H and O–H groups in total. The van der Waals surface area contributed by atoms with E-state index in [2.05, 4.69) is 10.3 Å². The molecular formula is C20H23F3N4O. The van der Waals surface area contributed by atoms with Crippen molar-refractivity contribution in [3.63, 3.8) is 0 Å². The Morgan fingerprint density at radius 3 is 2.75 bits per heavy atom. The second-order valence-corrected chi connectivity index (χ2v) is 7.11. The molecule has 1 aromatic heterocycles. The summed E-state index contributed by atoms with van der Waals surface area (Å²) in [6.45, 7) is 1.10. The van der Waals surface area contributed by atoms with Gasteiger partial charge < -0.3 is 15.1 Å². The number of benzene rings is 1. The number of nitrogens with zero attached hydrogens (tertiary/aromatic N) is 3. The molecule has 3 rings (SSSR count). The van der Waals surface area contributed by atoms with Crippen molar-refractivity contribution in [2.24, 2.45) is 0 Å². The molecule has 150 valence electrons. The van der Waals surface area contributed by atoms with Crippen molar-refractivity contribution in [3.8, 4) is 11.1 Å². The van der Waals surface area contributed by atoms with Crippen LogP contribution in [0.4, 0.5) is 24.7 Å². The third-order valence-corrected chi connectivity index (χ3v) is 4.63. The summed E-state index contributed by atoms with van der Waals surface area (Å²) in [7, 11) is 3.70. The van der Waals surface area contributed by atoms with Crippen molar-refractivity contribution < 1.29 is 18.0 Å². The molecule has 1 saturated heterocycles. The van der Waals surface area contributed by atoms with Gasteiger partial charge >= 0.3 is 0 Å². The molecule has 1 atom stereocenters. The minimum Gasteiger partial charge on any atom is -0.352 e. The number of anilines is 2. The summed E-state index contributed by atoms with van der Waals surface area (Å²) in [5, 5.41) is 2.79. The lowest BCUT2D eigenvalue weighted by Crippen LogP contribution is -2.25. The molecule has 5 nitrogen and oxygen atoms in total. The minimum atomic E-state index is -0.992. The Labute approximate surface area is 162 Å².